The molecule has 3 aromatic rings. The summed E-state index contributed by atoms with van der Waals surface area (Å²) in [5, 5.41) is 7.47. The number of anilines is 2. The molecule has 2 aromatic heterocycles. The van der Waals surface area contributed by atoms with Gasteiger partial charge in [-0.3, -0.25) is 9.18 Å². The van der Waals surface area contributed by atoms with Crippen LogP contribution in [0.5, 0.6) is 0 Å². The standard InChI is InChI=1S/C19H19FN4O/c1-12(9-20)19(25)24-17-8-14-15(13-6-4-3-5-7-13)10-23-18(21-2)16(14)11-22-17/h3-8,10-12H,9H2,1-2H3,(H,21,23)(H,22,24,25). The van der Waals surface area contributed by atoms with E-state index in [1.807, 2.05) is 30.3 Å². The van der Waals surface area contributed by atoms with Crippen LogP contribution < -0.4 is 10.6 Å². The van der Waals surface area contributed by atoms with Crippen molar-refractivity contribution in [1.82, 2.24) is 9.97 Å². The fourth-order valence-electron chi connectivity index (χ4n) is 2.57. The maximum Gasteiger partial charge on any atom is 0.230 e. The summed E-state index contributed by atoms with van der Waals surface area (Å²) in [6.45, 7) is 0.831. The second-order valence-corrected chi connectivity index (χ2v) is 5.80. The first-order valence-electron chi connectivity index (χ1n) is 8.02. The molecule has 1 amide bonds. The maximum absolute atomic E-state index is 12.7. The van der Waals surface area contributed by atoms with Crippen molar-refractivity contribution in [1.29, 1.82) is 0 Å². The molecule has 0 aliphatic carbocycles. The van der Waals surface area contributed by atoms with Crippen LogP contribution in [0.1, 0.15) is 6.92 Å². The van der Waals surface area contributed by atoms with Crippen molar-refractivity contribution in [3.05, 3.63) is 48.8 Å². The summed E-state index contributed by atoms with van der Waals surface area (Å²) in [6, 6.07) is 11.7. The quantitative estimate of drug-likeness (QED) is 0.741. The molecule has 0 fully saturated rings. The summed E-state index contributed by atoms with van der Waals surface area (Å²) in [7, 11) is 1.79. The van der Waals surface area contributed by atoms with Gasteiger partial charge in [0.1, 0.15) is 18.3 Å². The van der Waals surface area contributed by atoms with Gasteiger partial charge in [-0.1, -0.05) is 37.3 Å². The molecule has 25 heavy (non-hydrogen) atoms. The number of pyridine rings is 2. The highest BCUT2D eigenvalue weighted by molar-refractivity contribution is 6.03. The molecule has 0 saturated carbocycles. The Bertz CT molecular complexity index is 899. The molecule has 0 saturated heterocycles. The zero-order chi connectivity index (χ0) is 17.8. The van der Waals surface area contributed by atoms with E-state index < -0.39 is 18.5 Å². The number of benzene rings is 1. The maximum atomic E-state index is 12.7. The molecule has 0 bridgehead atoms. The lowest BCUT2D eigenvalue weighted by atomic mass is 10.0. The molecular weight excluding hydrogens is 319 g/mol. The molecule has 0 spiro atoms. The first-order chi connectivity index (χ1) is 12.1. The monoisotopic (exact) mass is 338 g/mol. The van der Waals surface area contributed by atoms with Crippen molar-refractivity contribution in [2.75, 3.05) is 24.4 Å². The highest BCUT2D eigenvalue weighted by atomic mass is 19.1. The number of hydrogen-bond acceptors (Lipinski definition) is 4. The van der Waals surface area contributed by atoms with Gasteiger partial charge in [-0.2, -0.15) is 0 Å². The molecule has 128 valence electrons. The van der Waals surface area contributed by atoms with E-state index in [1.54, 1.807) is 25.5 Å². The summed E-state index contributed by atoms with van der Waals surface area (Å²) >= 11 is 0. The second kappa shape index (κ2) is 7.25. The molecule has 0 radical (unpaired) electrons. The van der Waals surface area contributed by atoms with Gasteiger partial charge in [0.15, 0.2) is 0 Å². The van der Waals surface area contributed by atoms with Crippen LogP contribution in [0, 0.1) is 5.92 Å². The van der Waals surface area contributed by atoms with Gasteiger partial charge < -0.3 is 10.6 Å². The number of nitrogens with zero attached hydrogens (tertiary/aromatic N) is 2. The van der Waals surface area contributed by atoms with Crippen molar-refractivity contribution in [2.24, 2.45) is 5.92 Å². The number of hydrogen-bond donors (Lipinski definition) is 2. The van der Waals surface area contributed by atoms with Gasteiger partial charge in [0, 0.05) is 30.4 Å². The van der Waals surface area contributed by atoms with Gasteiger partial charge in [0.2, 0.25) is 5.91 Å². The van der Waals surface area contributed by atoms with Crippen LogP contribution in [-0.4, -0.2) is 29.6 Å². The van der Waals surface area contributed by atoms with Gasteiger partial charge in [0.05, 0.1) is 5.92 Å². The largest absolute Gasteiger partial charge is 0.373 e. The molecule has 0 aliphatic heterocycles. The van der Waals surface area contributed by atoms with Crippen LogP contribution in [0.25, 0.3) is 21.9 Å². The van der Waals surface area contributed by atoms with Crippen LogP contribution in [0.3, 0.4) is 0 Å². The van der Waals surface area contributed by atoms with Gasteiger partial charge in [-0.05, 0) is 17.0 Å². The van der Waals surface area contributed by atoms with Crippen LogP contribution in [-0.2, 0) is 4.79 Å². The zero-order valence-electron chi connectivity index (χ0n) is 14.1. The number of halogens is 1. The normalized spacial score (nSPS) is 12.0. The van der Waals surface area contributed by atoms with Crippen LogP contribution in [0.15, 0.2) is 48.8 Å². The van der Waals surface area contributed by atoms with E-state index >= 15 is 0 Å². The van der Waals surface area contributed by atoms with Gasteiger partial charge in [-0.25, -0.2) is 9.97 Å². The van der Waals surface area contributed by atoms with Gasteiger partial charge in [0.25, 0.3) is 0 Å². The van der Waals surface area contributed by atoms with Gasteiger partial charge in [-0.15, -0.1) is 0 Å². The van der Waals surface area contributed by atoms with Crippen molar-refractivity contribution in [3.8, 4) is 11.1 Å². The average Bonchev–Trinajstić information content (AvgIpc) is 2.66. The van der Waals surface area contributed by atoms with E-state index in [0.717, 1.165) is 21.9 Å². The summed E-state index contributed by atoms with van der Waals surface area (Å²) in [4.78, 5) is 20.7. The predicted molar refractivity (Wildman–Crippen MR) is 98.3 cm³/mol. The third-order valence-corrected chi connectivity index (χ3v) is 4.02. The molecule has 3 rings (SSSR count). The number of alkyl halides is 1. The predicted octanol–water partition coefficient (Wildman–Crippen LogP) is 3.88. The first-order valence-corrected chi connectivity index (χ1v) is 8.02. The number of nitrogens with one attached hydrogen (secondary N) is 2. The summed E-state index contributed by atoms with van der Waals surface area (Å²) in [5.74, 6) is -0.00433. The highest BCUT2D eigenvalue weighted by Gasteiger charge is 2.15. The minimum Gasteiger partial charge on any atom is -0.373 e. The fourth-order valence-corrected chi connectivity index (χ4v) is 2.57. The number of carbonyl (C=O) groups excluding carboxylic acids is 1. The molecule has 2 heterocycles. The third-order valence-electron chi connectivity index (χ3n) is 4.02. The molecule has 1 aromatic carbocycles. The Kier molecular flexibility index (Phi) is 4.88. The second-order valence-electron chi connectivity index (χ2n) is 5.80. The van der Waals surface area contributed by atoms with Crippen molar-refractivity contribution in [2.45, 2.75) is 6.92 Å². The van der Waals surface area contributed by atoms with E-state index in [2.05, 4.69) is 20.6 Å². The Balaban J connectivity index is 2.11. The number of aromatic nitrogens is 2. The minimum absolute atomic E-state index is 0.390. The summed E-state index contributed by atoms with van der Waals surface area (Å²) < 4.78 is 12.7. The summed E-state index contributed by atoms with van der Waals surface area (Å²) in [6.07, 6.45) is 3.45. The average molecular weight is 338 g/mol. The Labute approximate surface area is 145 Å². The highest BCUT2D eigenvalue weighted by Crippen LogP contribution is 2.32. The smallest absolute Gasteiger partial charge is 0.230 e. The topological polar surface area (TPSA) is 66.9 Å². The SMILES string of the molecule is CNc1ncc(-c2ccccc2)c2cc(NC(=O)C(C)CF)ncc12. The minimum atomic E-state index is -0.712. The van der Waals surface area contributed by atoms with E-state index in [-0.39, 0.29) is 0 Å². The van der Waals surface area contributed by atoms with Crippen molar-refractivity contribution in [3.63, 3.8) is 0 Å². The number of rotatable bonds is 5. The van der Waals surface area contributed by atoms with Crippen LogP contribution in [0.2, 0.25) is 0 Å². The van der Waals surface area contributed by atoms with E-state index in [9.17, 15) is 9.18 Å². The first kappa shape index (κ1) is 16.8. The molecule has 6 heteroatoms. The number of carbonyl (C=O) groups is 1. The van der Waals surface area contributed by atoms with Crippen LogP contribution in [0.4, 0.5) is 16.0 Å². The van der Waals surface area contributed by atoms with Crippen molar-refractivity contribution < 1.29 is 9.18 Å². The van der Waals surface area contributed by atoms with E-state index in [4.69, 9.17) is 0 Å². The Morgan fingerprint density at radius 2 is 1.92 bits per heavy atom. The lowest BCUT2D eigenvalue weighted by Crippen LogP contribution is -2.22. The number of fused-ring (bicyclic) bond motifs is 1. The lowest BCUT2D eigenvalue weighted by Gasteiger charge is -2.13. The Morgan fingerprint density at radius 3 is 2.60 bits per heavy atom. The molecule has 1 atom stereocenters. The Hall–Kier alpha value is -3.02. The van der Waals surface area contributed by atoms with Crippen molar-refractivity contribution >= 4 is 28.3 Å². The molecule has 1 unspecified atom stereocenters. The molecular formula is C19H19FN4O. The lowest BCUT2D eigenvalue weighted by molar-refractivity contribution is -0.119. The van der Waals surface area contributed by atoms with Crippen LogP contribution >= 0.6 is 0 Å². The zero-order valence-corrected chi connectivity index (χ0v) is 14.1. The van der Waals surface area contributed by atoms with E-state index in [0.29, 0.717) is 11.6 Å². The number of amides is 1. The molecule has 5 nitrogen and oxygen atoms in total. The summed E-state index contributed by atoms with van der Waals surface area (Å²) in [5.41, 5.74) is 1.95. The third kappa shape index (κ3) is 3.42. The Morgan fingerprint density at radius 1 is 1.16 bits per heavy atom. The fraction of sp³-hybridized carbons (Fsp3) is 0.211. The molecule has 0 aliphatic rings. The molecule has 2 N–H and O–H groups in total. The van der Waals surface area contributed by atoms with Gasteiger partial charge >= 0.3 is 0 Å². The van der Waals surface area contributed by atoms with E-state index in [1.165, 1.54) is 6.92 Å².